The van der Waals surface area contributed by atoms with Gasteiger partial charge in [0.05, 0.1) is 17.3 Å². The Kier molecular flexibility index (Phi) is 5.35. The van der Waals surface area contributed by atoms with Crippen LogP contribution >= 0.6 is 23.2 Å². The Morgan fingerprint density at radius 3 is 2.19 bits per heavy atom. The number of rotatable bonds is 2. The minimum Gasteiger partial charge on any atom is -0.267 e. The second-order valence-corrected chi connectivity index (χ2v) is 7.39. The number of aryl methyl sites for hydroxylation is 1. The summed E-state index contributed by atoms with van der Waals surface area (Å²) in [6.45, 7) is 1.63. The zero-order valence-electron chi connectivity index (χ0n) is 14.0. The molecule has 0 aliphatic heterocycles. The number of halogens is 5. The Balaban J connectivity index is 2.02. The lowest BCUT2D eigenvalue weighted by Crippen LogP contribution is -2.31. The van der Waals surface area contributed by atoms with Crippen LogP contribution in [0.15, 0.2) is 29.1 Å². The highest BCUT2D eigenvalue weighted by Gasteiger charge is 2.42. The molecule has 1 aliphatic carbocycles. The molecule has 0 atom stereocenters. The standard InChI is InChI=1S/C18H17Cl2F3N2O/c1-10-15(20)17(26)25(14-8-6-13(19)7-9-14)16(24-10)11-2-4-12(5-3-11)18(21,22)23/h6-9,11-12H,2-5H2,1H3/t11-,12+. The fraction of sp³-hybridized carbons (Fsp3) is 0.444. The number of nitrogens with zero attached hydrogens (tertiary/aromatic N) is 2. The van der Waals surface area contributed by atoms with Gasteiger partial charge < -0.3 is 0 Å². The number of hydrogen-bond acceptors (Lipinski definition) is 2. The van der Waals surface area contributed by atoms with Crippen molar-refractivity contribution >= 4 is 23.2 Å². The molecule has 1 aromatic heterocycles. The molecule has 0 spiro atoms. The normalized spacial score (nSPS) is 21.0. The second-order valence-electron chi connectivity index (χ2n) is 6.58. The topological polar surface area (TPSA) is 34.9 Å². The van der Waals surface area contributed by atoms with Crippen LogP contribution in [0.5, 0.6) is 0 Å². The van der Waals surface area contributed by atoms with Gasteiger partial charge in [-0.15, -0.1) is 0 Å². The van der Waals surface area contributed by atoms with Gasteiger partial charge in [-0.1, -0.05) is 23.2 Å². The fourth-order valence-corrected chi connectivity index (χ4v) is 3.67. The molecule has 3 nitrogen and oxygen atoms in total. The van der Waals surface area contributed by atoms with E-state index in [0.717, 1.165) is 0 Å². The summed E-state index contributed by atoms with van der Waals surface area (Å²) in [6, 6.07) is 6.62. The molecule has 2 aromatic rings. The van der Waals surface area contributed by atoms with Crippen molar-refractivity contribution in [3.63, 3.8) is 0 Å². The zero-order chi connectivity index (χ0) is 19.1. The van der Waals surface area contributed by atoms with Crippen molar-refractivity contribution in [2.24, 2.45) is 5.92 Å². The quantitative estimate of drug-likeness (QED) is 0.644. The van der Waals surface area contributed by atoms with E-state index in [2.05, 4.69) is 4.98 Å². The SMILES string of the molecule is Cc1nc([C@H]2CC[C@@H](C(F)(F)F)CC2)n(-c2ccc(Cl)cc2)c(=O)c1Cl. The maximum atomic E-state index is 12.9. The second kappa shape index (κ2) is 7.24. The monoisotopic (exact) mass is 404 g/mol. The zero-order valence-corrected chi connectivity index (χ0v) is 15.5. The molecule has 0 unspecified atom stereocenters. The van der Waals surface area contributed by atoms with E-state index in [-0.39, 0.29) is 23.8 Å². The molecule has 0 radical (unpaired) electrons. The molecule has 3 rings (SSSR count). The molecule has 0 N–H and O–H groups in total. The van der Waals surface area contributed by atoms with Gasteiger partial charge >= 0.3 is 6.18 Å². The van der Waals surface area contributed by atoms with Gasteiger partial charge in [-0.3, -0.25) is 9.36 Å². The van der Waals surface area contributed by atoms with E-state index in [1.807, 2.05) is 0 Å². The van der Waals surface area contributed by atoms with Crippen molar-refractivity contribution in [3.05, 3.63) is 56.2 Å². The minimum absolute atomic E-state index is 0.00711. The van der Waals surface area contributed by atoms with Crippen molar-refractivity contribution in [1.82, 2.24) is 9.55 Å². The highest BCUT2D eigenvalue weighted by molar-refractivity contribution is 6.31. The summed E-state index contributed by atoms with van der Waals surface area (Å²) in [4.78, 5) is 17.2. The van der Waals surface area contributed by atoms with E-state index in [4.69, 9.17) is 23.2 Å². The van der Waals surface area contributed by atoms with Crippen LogP contribution in [0.1, 0.15) is 43.1 Å². The number of hydrogen-bond donors (Lipinski definition) is 0. The molecule has 0 amide bonds. The van der Waals surface area contributed by atoms with Crippen LogP contribution < -0.4 is 5.56 Å². The molecular formula is C18H17Cl2F3N2O. The first-order valence-corrected chi connectivity index (χ1v) is 9.05. The lowest BCUT2D eigenvalue weighted by atomic mass is 9.81. The predicted molar refractivity (Wildman–Crippen MR) is 95.3 cm³/mol. The average molecular weight is 405 g/mol. The highest BCUT2D eigenvalue weighted by Crippen LogP contribution is 2.42. The van der Waals surface area contributed by atoms with Crippen LogP contribution in [-0.2, 0) is 0 Å². The van der Waals surface area contributed by atoms with Crippen molar-refractivity contribution in [2.45, 2.75) is 44.7 Å². The first-order chi connectivity index (χ1) is 12.2. The van der Waals surface area contributed by atoms with Crippen LogP contribution in [0.25, 0.3) is 5.69 Å². The van der Waals surface area contributed by atoms with Gasteiger partial charge in [0, 0.05) is 10.9 Å². The van der Waals surface area contributed by atoms with Crippen molar-refractivity contribution in [2.75, 3.05) is 0 Å². The van der Waals surface area contributed by atoms with Crippen molar-refractivity contribution in [1.29, 1.82) is 0 Å². The van der Waals surface area contributed by atoms with Gasteiger partial charge in [-0.25, -0.2) is 4.98 Å². The van der Waals surface area contributed by atoms with Crippen LogP contribution in [0.3, 0.4) is 0 Å². The number of alkyl halides is 3. The van der Waals surface area contributed by atoms with E-state index in [1.165, 1.54) is 4.57 Å². The van der Waals surface area contributed by atoms with E-state index in [9.17, 15) is 18.0 Å². The summed E-state index contributed by atoms with van der Waals surface area (Å²) in [5.41, 5.74) is 0.506. The molecule has 140 valence electrons. The Hall–Kier alpha value is -1.53. The molecule has 1 aliphatic rings. The third kappa shape index (κ3) is 3.76. The maximum Gasteiger partial charge on any atom is 0.391 e. The van der Waals surface area contributed by atoms with Gasteiger partial charge in [0.2, 0.25) is 0 Å². The average Bonchev–Trinajstić information content (AvgIpc) is 2.60. The molecule has 1 aromatic carbocycles. The lowest BCUT2D eigenvalue weighted by Gasteiger charge is -2.30. The smallest absolute Gasteiger partial charge is 0.267 e. The summed E-state index contributed by atoms with van der Waals surface area (Å²) in [7, 11) is 0. The minimum atomic E-state index is -4.18. The molecule has 8 heteroatoms. The van der Waals surface area contributed by atoms with E-state index in [1.54, 1.807) is 31.2 Å². The van der Waals surface area contributed by atoms with E-state index in [0.29, 0.717) is 35.1 Å². The fourth-order valence-electron chi connectivity index (χ4n) is 3.42. The highest BCUT2D eigenvalue weighted by atomic mass is 35.5. The summed E-state index contributed by atoms with van der Waals surface area (Å²) in [6.07, 6.45) is -3.46. The number of benzene rings is 1. The molecule has 0 saturated heterocycles. The largest absolute Gasteiger partial charge is 0.391 e. The van der Waals surface area contributed by atoms with Crippen LogP contribution in [0.2, 0.25) is 10.0 Å². The molecule has 26 heavy (non-hydrogen) atoms. The third-order valence-corrected chi connectivity index (χ3v) is 5.55. The summed E-state index contributed by atoms with van der Waals surface area (Å²) >= 11 is 12.0. The summed E-state index contributed by atoms with van der Waals surface area (Å²) in [5.74, 6) is -1.06. The van der Waals surface area contributed by atoms with Crippen LogP contribution in [-0.4, -0.2) is 15.7 Å². The third-order valence-electron chi connectivity index (χ3n) is 4.86. The van der Waals surface area contributed by atoms with Gasteiger partial charge in [0.25, 0.3) is 5.56 Å². The molecule has 1 fully saturated rings. The van der Waals surface area contributed by atoms with E-state index < -0.39 is 17.7 Å². The Labute approximate surface area is 158 Å². The van der Waals surface area contributed by atoms with Gasteiger partial charge in [-0.05, 0) is 56.9 Å². The van der Waals surface area contributed by atoms with Gasteiger partial charge in [0.15, 0.2) is 0 Å². The predicted octanol–water partition coefficient (Wildman–Crippen LogP) is 5.68. The molecule has 1 heterocycles. The summed E-state index contributed by atoms with van der Waals surface area (Å²) < 4.78 is 40.2. The summed E-state index contributed by atoms with van der Waals surface area (Å²) in [5, 5.41) is 0.521. The Morgan fingerprint density at radius 2 is 1.65 bits per heavy atom. The van der Waals surface area contributed by atoms with Crippen LogP contribution in [0, 0.1) is 12.8 Å². The Morgan fingerprint density at radius 1 is 1.08 bits per heavy atom. The molecule has 1 saturated carbocycles. The van der Waals surface area contributed by atoms with Gasteiger partial charge in [-0.2, -0.15) is 13.2 Å². The lowest BCUT2D eigenvalue weighted by molar-refractivity contribution is -0.182. The first kappa shape index (κ1) is 19.2. The Bertz CT molecular complexity index is 854. The maximum absolute atomic E-state index is 12.9. The van der Waals surface area contributed by atoms with Crippen molar-refractivity contribution in [3.8, 4) is 5.69 Å². The van der Waals surface area contributed by atoms with Gasteiger partial charge in [0.1, 0.15) is 10.8 Å². The molecule has 0 bridgehead atoms. The van der Waals surface area contributed by atoms with E-state index >= 15 is 0 Å². The van der Waals surface area contributed by atoms with Crippen molar-refractivity contribution < 1.29 is 13.2 Å². The first-order valence-electron chi connectivity index (χ1n) is 8.30. The molecular weight excluding hydrogens is 388 g/mol. The van der Waals surface area contributed by atoms with Crippen LogP contribution in [0.4, 0.5) is 13.2 Å². The number of aromatic nitrogens is 2.